The lowest BCUT2D eigenvalue weighted by Gasteiger charge is -2.08. The third kappa shape index (κ3) is 5.78. The molecule has 3 amide bonds. The number of amides is 3. The lowest BCUT2D eigenvalue weighted by Crippen LogP contribution is -2.41. The van der Waals surface area contributed by atoms with Crippen LogP contribution in [0.5, 0.6) is 0 Å². The van der Waals surface area contributed by atoms with E-state index in [-0.39, 0.29) is 23.5 Å². The summed E-state index contributed by atoms with van der Waals surface area (Å²) in [7, 11) is 1.51. The number of nitro benzene ring substituents is 1. The van der Waals surface area contributed by atoms with Crippen LogP contribution in [0.1, 0.15) is 15.2 Å². The van der Waals surface area contributed by atoms with Gasteiger partial charge in [-0.25, -0.2) is 9.59 Å². The number of nitrogens with one attached hydrogen (secondary N) is 3. The molecule has 0 aliphatic heterocycles. The fourth-order valence-electron chi connectivity index (χ4n) is 2.02. The third-order valence-electron chi connectivity index (χ3n) is 3.29. The van der Waals surface area contributed by atoms with Crippen molar-refractivity contribution in [2.75, 3.05) is 19.0 Å². The second-order valence-corrected chi connectivity index (χ2v) is 6.16. The van der Waals surface area contributed by atoms with Crippen LogP contribution >= 0.6 is 11.3 Å². The molecule has 0 aliphatic rings. The van der Waals surface area contributed by atoms with Gasteiger partial charge < -0.3 is 15.4 Å². The molecule has 142 valence electrons. The van der Waals surface area contributed by atoms with E-state index in [1.165, 1.54) is 30.5 Å². The summed E-state index contributed by atoms with van der Waals surface area (Å²) in [5, 5.41) is 20.0. The van der Waals surface area contributed by atoms with E-state index in [0.29, 0.717) is 0 Å². The van der Waals surface area contributed by atoms with Gasteiger partial charge in [0.15, 0.2) is 6.61 Å². The summed E-state index contributed by atoms with van der Waals surface area (Å²) in [5.41, 5.74) is -0.156. The molecule has 0 atom stereocenters. The molecule has 2 rings (SSSR count). The Bertz CT molecular complexity index is 853. The molecular formula is C16H16N4O6S. The van der Waals surface area contributed by atoms with Crippen LogP contribution in [-0.4, -0.2) is 36.5 Å². The summed E-state index contributed by atoms with van der Waals surface area (Å²) in [6.45, 7) is -0.440. The maximum absolute atomic E-state index is 11.9. The summed E-state index contributed by atoms with van der Waals surface area (Å²) in [6, 6.07) is 6.66. The Morgan fingerprint density at radius 2 is 2.04 bits per heavy atom. The average molecular weight is 392 g/mol. The zero-order chi connectivity index (χ0) is 19.8. The van der Waals surface area contributed by atoms with Gasteiger partial charge in [0.05, 0.1) is 17.0 Å². The van der Waals surface area contributed by atoms with Crippen molar-refractivity contribution in [2.24, 2.45) is 0 Å². The van der Waals surface area contributed by atoms with E-state index in [1.807, 2.05) is 22.8 Å². The molecule has 1 heterocycles. The summed E-state index contributed by atoms with van der Waals surface area (Å²) in [6.07, 6.45) is 0. The summed E-state index contributed by atoms with van der Waals surface area (Å²) >= 11 is 1.45. The Hall–Kier alpha value is -3.47. The molecule has 1 aromatic heterocycles. The van der Waals surface area contributed by atoms with Gasteiger partial charge in [-0.2, -0.15) is 0 Å². The van der Waals surface area contributed by atoms with E-state index in [0.717, 1.165) is 10.9 Å². The molecule has 10 nitrogen and oxygen atoms in total. The van der Waals surface area contributed by atoms with Gasteiger partial charge in [-0.15, -0.1) is 11.3 Å². The number of nitro groups is 1. The second-order valence-electron chi connectivity index (χ2n) is 5.13. The molecule has 0 fully saturated rings. The Morgan fingerprint density at radius 3 is 2.67 bits per heavy atom. The molecule has 0 saturated heterocycles. The fraction of sp³-hybridized carbons (Fsp3) is 0.188. The predicted molar refractivity (Wildman–Crippen MR) is 97.6 cm³/mol. The van der Waals surface area contributed by atoms with Gasteiger partial charge >= 0.3 is 12.0 Å². The van der Waals surface area contributed by atoms with Gasteiger partial charge in [-0.1, -0.05) is 6.07 Å². The highest BCUT2D eigenvalue weighted by molar-refractivity contribution is 7.09. The predicted octanol–water partition coefficient (Wildman–Crippen LogP) is 1.88. The summed E-state index contributed by atoms with van der Waals surface area (Å²) in [4.78, 5) is 46.5. The van der Waals surface area contributed by atoms with Crippen molar-refractivity contribution >= 4 is 40.6 Å². The van der Waals surface area contributed by atoms with Crippen LogP contribution in [0.25, 0.3) is 0 Å². The normalized spacial score (nSPS) is 9.96. The number of anilines is 1. The number of urea groups is 1. The molecule has 0 spiro atoms. The first kappa shape index (κ1) is 19.8. The molecule has 3 N–H and O–H groups in total. The number of hydrogen-bond acceptors (Lipinski definition) is 8. The van der Waals surface area contributed by atoms with Crippen molar-refractivity contribution in [3.8, 4) is 0 Å². The maximum Gasteiger partial charge on any atom is 0.338 e. The first-order chi connectivity index (χ1) is 12.9. The monoisotopic (exact) mass is 392 g/mol. The molecule has 0 saturated carbocycles. The minimum Gasteiger partial charge on any atom is -0.452 e. The van der Waals surface area contributed by atoms with Gasteiger partial charge in [0.1, 0.15) is 5.69 Å². The SMILES string of the molecule is CNc1ccc(C(=O)OCC(=O)NC(=O)NCc2cccs2)cc1[N+](=O)[O-]. The van der Waals surface area contributed by atoms with E-state index < -0.39 is 29.4 Å². The van der Waals surface area contributed by atoms with Gasteiger partial charge in [0.2, 0.25) is 0 Å². The molecule has 27 heavy (non-hydrogen) atoms. The molecule has 0 unspecified atom stereocenters. The Labute approximate surface area is 157 Å². The summed E-state index contributed by atoms with van der Waals surface area (Å²) < 4.78 is 4.78. The van der Waals surface area contributed by atoms with Crippen LogP contribution in [-0.2, 0) is 16.1 Å². The lowest BCUT2D eigenvalue weighted by molar-refractivity contribution is -0.384. The van der Waals surface area contributed by atoms with E-state index in [2.05, 4.69) is 10.6 Å². The minimum absolute atomic E-state index is 0.0874. The number of carbonyl (C=O) groups excluding carboxylic acids is 3. The van der Waals surface area contributed by atoms with Crippen molar-refractivity contribution in [2.45, 2.75) is 6.54 Å². The highest BCUT2D eigenvalue weighted by atomic mass is 32.1. The number of hydrogen-bond donors (Lipinski definition) is 3. The Morgan fingerprint density at radius 1 is 1.26 bits per heavy atom. The molecule has 0 radical (unpaired) electrons. The lowest BCUT2D eigenvalue weighted by atomic mass is 10.1. The largest absolute Gasteiger partial charge is 0.452 e. The van der Waals surface area contributed by atoms with Crippen LogP contribution in [0.4, 0.5) is 16.2 Å². The van der Waals surface area contributed by atoms with Gasteiger partial charge in [0, 0.05) is 18.0 Å². The number of benzene rings is 1. The quantitative estimate of drug-likeness (QED) is 0.371. The molecule has 0 bridgehead atoms. The van der Waals surface area contributed by atoms with Crippen LogP contribution in [0.3, 0.4) is 0 Å². The fourth-order valence-corrected chi connectivity index (χ4v) is 2.67. The third-order valence-corrected chi connectivity index (χ3v) is 4.17. The number of imide groups is 1. The molecule has 11 heteroatoms. The van der Waals surface area contributed by atoms with Crippen LogP contribution in [0.15, 0.2) is 35.7 Å². The Kier molecular flexibility index (Phi) is 6.83. The zero-order valence-corrected chi connectivity index (χ0v) is 15.0. The van der Waals surface area contributed by atoms with Crippen molar-refractivity contribution in [1.29, 1.82) is 0 Å². The first-order valence-electron chi connectivity index (χ1n) is 7.64. The van der Waals surface area contributed by atoms with Gasteiger partial charge in [0.25, 0.3) is 11.6 Å². The van der Waals surface area contributed by atoms with E-state index >= 15 is 0 Å². The van der Waals surface area contributed by atoms with Gasteiger partial charge in [-0.05, 0) is 23.6 Å². The molecule has 2 aromatic rings. The number of thiophene rings is 1. The zero-order valence-electron chi connectivity index (χ0n) is 14.2. The number of esters is 1. The molecular weight excluding hydrogens is 376 g/mol. The number of nitrogens with zero attached hydrogens (tertiary/aromatic N) is 1. The highest BCUT2D eigenvalue weighted by Crippen LogP contribution is 2.25. The van der Waals surface area contributed by atoms with Crippen molar-refractivity contribution < 1.29 is 24.0 Å². The average Bonchev–Trinajstić information content (AvgIpc) is 3.17. The highest BCUT2D eigenvalue weighted by Gasteiger charge is 2.18. The minimum atomic E-state index is -0.921. The topological polar surface area (TPSA) is 140 Å². The van der Waals surface area contributed by atoms with Crippen molar-refractivity contribution in [3.05, 3.63) is 56.3 Å². The van der Waals surface area contributed by atoms with Crippen LogP contribution in [0.2, 0.25) is 0 Å². The molecule has 0 aliphatic carbocycles. The van der Waals surface area contributed by atoms with E-state index in [1.54, 1.807) is 0 Å². The second kappa shape index (κ2) is 9.29. The van der Waals surface area contributed by atoms with Crippen molar-refractivity contribution in [3.63, 3.8) is 0 Å². The smallest absolute Gasteiger partial charge is 0.338 e. The maximum atomic E-state index is 11.9. The van der Waals surface area contributed by atoms with E-state index in [9.17, 15) is 24.5 Å². The molecule has 1 aromatic carbocycles. The Balaban J connectivity index is 1.83. The van der Waals surface area contributed by atoms with E-state index in [4.69, 9.17) is 4.74 Å². The standard InChI is InChI=1S/C16H16N4O6S/c1-17-12-5-4-10(7-13(12)20(24)25)15(22)26-9-14(21)19-16(23)18-8-11-3-2-6-27-11/h2-7,17H,8-9H2,1H3,(H2,18,19,21,23). The number of ether oxygens (including phenoxy) is 1. The first-order valence-corrected chi connectivity index (χ1v) is 8.52. The van der Waals surface area contributed by atoms with Crippen molar-refractivity contribution in [1.82, 2.24) is 10.6 Å². The van der Waals surface area contributed by atoms with Crippen LogP contribution in [0, 0.1) is 10.1 Å². The summed E-state index contributed by atoms with van der Waals surface area (Å²) in [5.74, 6) is -1.75. The number of rotatable bonds is 7. The number of carbonyl (C=O) groups is 3. The van der Waals surface area contributed by atoms with Gasteiger partial charge in [-0.3, -0.25) is 20.2 Å². The van der Waals surface area contributed by atoms with Crippen LogP contribution < -0.4 is 16.0 Å².